The van der Waals surface area contributed by atoms with Gasteiger partial charge in [0.1, 0.15) is 0 Å². The summed E-state index contributed by atoms with van der Waals surface area (Å²) in [6.45, 7) is 1.89. The van der Waals surface area contributed by atoms with E-state index < -0.39 is 9.84 Å². The Hall–Kier alpha value is -0.390. The van der Waals surface area contributed by atoms with Gasteiger partial charge in [-0.05, 0) is 17.9 Å². The Morgan fingerprint density at radius 2 is 2.29 bits per heavy atom. The first-order valence-electron chi connectivity index (χ1n) is 4.52. The summed E-state index contributed by atoms with van der Waals surface area (Å²) in [7, 11) is -3.03. The Bertz CT molecular complexity index is 356. The molecule has 80 valence electrons. The van der Waals surface area contributed by atoms with Gasteiger partial charge in [0.05, 0.1) is 11.5 Å². The van der Waals surface area contributed by atoms with Crippen LogP contribution in [0.1, 0.15) is 18.2 Å². The lowest BCUT2D eigenvalue weighted by atomic mass is 10.3. The maximum Gasteiger partial charge on any atom is 0.156 e. The van der Waals surface area contributed by atoms with Gasteiger partial charge < -0.3 is 5.73 Å². The first kappa shape index (κ1) is 11.7. The molecule has 0 aromatic carbocycles. The van der Waals surface area contributed by atoms with Crippen molar-refractivity contribution >= 4 is 21.2 Å². The Kier molecular flexibility index (Phi) is 4.10. The molecule has 0 fully saturated rings. The highest BCUT2D eigenvalue weighted by Crippen LogP contribution is 2.13. The van der Waals surface area contributed by atoms with Gasteiger partial charge in [-0.1, -0.05) is 13.0 Å². The largest absolute Gasteiger partial charge is 0.327 e. The van der Waals surface area contributed by atoms with Crippen molar-refractivity contribution < 1.29 is 8.42 Å². The summed E-state index contributed by atoms with van der Waals surface area (Å²) in [5.74, 6) is 0.208. The lowest BCUT2D eigenvalue weighted by Gasteiger charge is -2.08. The van der Waals surface area contributed by atoms with Crippen LogP contribution in [0.4, 0.5) is 0 Å². The third-order valence-electron chi connectivity index (χ3n) is 1.93. The van der Waals surface area contributed by atoms with Crippen LogP contribution in [0.25, 0.3) is 0 Å². The molecule has 5 heteroatoms. The fourth-order valence-electron chi connectivity index (χ4n) is 1.11. The maximum absolute atomic E-state index is 11.6. The Labute approximate surface area is 88.9 Å². The average Bonchev–Trinajstić information content (AvgIpc) is 2.54. The molecular formula is C9H15NO2S2. The molecule has 2 N–H and O–H groups in total. The van der Waals surface area contributed by atoms with Crippen molar-refractivity contribution in [1.82, 2.24) is 0 Å². The number of nitrogens with two attached hydrogens (primary N) is 1. The molecule has 0 aliphatic rings. The molecule has 3 nitrogen and oxygen atoms in total. The van der Waals surface area contributed by atoms with E-state index in [0.717, 1.165) is 4.88 Å². The predicted octanol–water partition coefficient (Wildman–Crippen LogP) is 1.40. The van der Waals surface area contributed by atoms with E-state index in [-0.39, 0.29) is 17.5 Å². The minimum absolute atomic E-state index is 0.0847. The van der Waals surface area contributed by atoms with Gasteiger partial charge in [0.25, 0.3) is 0 Å². The van der Waals surface area contributed by atoms with Crippen molar-refractivity contribution in [3.63, 3.8) is 0 Å². The third kappa shape index (κ3) is 3.77. The van der Waals surface area contributed by atoms with Crippen molar-refractivity contribution in [3.8, 4) is 0 Å². The minimum Gasteiger partial charge on any atom is -0.327 e. The van der Waals surface area contributed by atoms with E-state index in [0.29, 0.717) is 6.42 Å². The highest BCUT2D eigenvalue weighted by molar-refractivity contribution is 7.90. The van der Waals surface area contributed by atoms with Crippen LogP contribution in [-0.2, 0) is 15.6 Å². The highest BCUT2D eigenvalue weighted by atomic mass is 32.2. The molecule has 1 aromatic rings. The number of sulfone groups is 1. The van der Waals surface area contributed by atoms with Gasteiger partial charge in [-0.25, -0.2) is 8.42 Å². The molecular weight excluding hydrogens is 218 g/mol. The molecule has 1 atom stereocenters. The monoisotopic (exact) mass is 233 g/mol. The Morgan fingerprint density at radius 1 is 1.57 bits per heavy atom. The van der Waals surface area contributed by atoms with Crippen molar-refractivity contribution in [3.05, 3.63) is 22.4 Å². The molecule has 0 saturated carbocycles. The molecule has 0 bridgehead atoms. The van der Waals surface area contributed by atoms with Crippen molar-refractivity contribution in [1.29, 1.82) is 0 Å². The molecule has 0 radical (unpaired) electrons. The van der Waals surface area contributed by atoms with Crippen LogP contribution in [0.15, 0.2) is 17.5 Å². The number of hydrogen-bond donors (Lipinski definition) is 1. The third-order valence-corrected chi connectivity index (χ3v) is 4.68. The zero-order chi connectivity index (χ0) is 10.6. The van der Waals surface area contributed by atoms with Crippen LogP contribution < -0.4 is 5.73 Å². The summed E-state index contributed by atoms with van der Waals surface area (Å²) in [5.41, 5.74) is 5.61. The van der Waals surface area contributed by atoms with Crippen molar-refractivity contribution in [2.75, 3.05) is 5.75 Å². The first-order valence-corrected chi connectivity index (χ1v) is 7.22. The van der Waals surface area contributed by atoms with E-state index >= 15 is 0 Å². The fourth-order valence-corrected chi connectivity index (χ4v) is 3.95. The van der Waals surface area contributed by atoms with Crippen molar-refractivity contribution in [2.45, 2.75) is 25.1 Å². The molecule has 0 aliphatic heterocycles. The zero-order valence-corrected chi connectivity index (χ0v) is 9.77. The Balaban J connectivity index is 2.59. The van der Waals surface area contributed by atoms with Gasteiger partial charge in [-0.2, -0.15) is 0 Å². The highest BCUT2D eigenvalue weighted by Gasteiger charge is 2.16. The van der Waals surface area contributed by atoms with Crippen LogP contribution in [0.2, 0.25) is 0 Å². The Morgan fingerprint density at radius 3 is 2.79 bits per heavy atom. The van der Waals surface area contributed by atoms with Gasteiger partial charge in [-0.3, -0.25) is 0 Å². The quantitative estimate of drug-likeness (QED) is 0.836. The molecule has 0 spiro atoms. The second-order valence-electron chi connectivity index (χ2n) is 3.30. The van der Waals surface area contributed by atoms with E-state index in [4.69, 9.17) is 5.73 Å². The van der Waals surface area contributed by atoms with Gasteiger partial charge in [0.15, 0.2) is 9.84 Å². The summed E-state index contributed by atoms with van der Waals surface area (Å²) >= 11 is 1.46. The molecule has 1 rings (SSSR count). The molecule has 0 saturated heterocycles. The lowest BCUT2D eigenvalue weighted by molar-refractivity contribution is 0.583. The standard InChI is InChI=1S/C9H15NO2S2/c1-2-8(10)6-14(11,12)7-9-4-3-5-13-9/h3-5,8H,2,6-7,10H2,1H3. The topological polar surface area (TPSA) is 60.2 Å². The predicted molar refractivity (Wildman–Crippen MR) is 60.1 cm³/mol. The van der Waals surface area contributed by atoms with Crippen LogP contribution >= 0.6 is 11.3 Å². The second kappa shape index (κ2) is 4.91. The van der Waals surface area contributed by atoms with E-state index in [9.17, 15) is 8.42 Å². The summed E-state index contributed by atoms with van der Waals surface area (Å²) in [6, 6.07) is 3.45. The van der Waals surface area contributed by atoms with Crippen LogP contribution in [0.3, 0.4) is 0 Å². The fraction of sp³-hybridized carbons (Fsp3) is 0.556. The van der Waals surface area contributed by atoms with Crippen molar-refractivity contribution in [2.24, 2.45) is 5.73 Å². The summed E-state index contributed by atoms with van der Waals surface area (Å²) < 4.78 is 23.2. The van der Waals surface area contributed by atoms with Gasteiger partial charge >= 0.3 is 0 Å². The van der Waals surface area contributed by atoms with Gasteiger partial charge in [0.2, 0.25) is 0 Å². The molecule has 0 aliphatic carbocycles. The molecule has 1 aromatic heterocycles. The normalized spacial score (nSPS) is 14.1. The molecule has 1 heterocycles. The van der Waals surface area contributed by atoms with Gasteiger partial charge in [-0.15, -0.1) is 11.3 Å². The smallest absolute Gasteiger partial charge is 0.156 e. The minimum atomic E-state index is -3.03. The number of thiophene rings is 1. The van der Waals surface area contributed by atoms with E-state index in [1.807, 2.05) is 24.4 Å². The summed E-state index contributed by atoms with van der Waals surface area (Å²) in [5, 5.41) is 1.88. The van der Waals surface area contributed by atoms with E-state index in [1.165, 1.54) is 11.3 Å². The average molecular weight is 233 g/mol. The summed E-state index contributed by atoms with van der Waals surface area (Å²) in [4.78, 5) is 0.883. The number of hydrogen-bond acceptors (Lipinski definition) is 4. The van der Waals surface area contributed by atoms with E-state index in [1.54, 1.807) is 0 Å². The van der Waals surface area contributed by atoms with E-state index in [2.05, 4.69) is 0 Å². The molecule has 0 amide bonds. The molecule has 1 unspecified atom stereocenters. The number of rotatable bonds is 5. The SMILES string of the molecule is CCC(N)CS(=O)(=O)Cc1cccs1. The van der Waals surface area contributed by atoms with Crippen LogP contribution in [0, 0.1) is 0 Å². The van der Waals surface area contributed by atoms with Crippen LogP contribution in [0.5, 0.6) is 0 Å². The second-order valence-corrected chi connectivity index (χ2v) is 6.44. The first-order chi connectivity index (χ1) is 6.53. The zero-order valence-electron chi connectivity index (χ0n) is 8.14. The lowest BCUT2D eigenvalue weighted by Crippen LogP contribution is -2.29. The maximum atomic E-state index is 11.6. The molecule has 14 heavy (non-hydrogen) atoms. The van der Waals surface area contributed by atoms with Gasteiger partial charge in [0, 0.05) is 10.9 Å². The van der Waals surface area contributed by atoms with Crippen LogP contribution in [-0.4, -0.2) is 20.2 Å². The summed E-state index contributed by atoms with van der Waals surface area (Å²) in [6.07, 6.45) is 0.698.